The van der Waals surface area contributed by atoms with Crippen LogP contribution in [0.4, 0.5) is 4.39 Å². The number of nitrogens with one attached hydrogen (secondary N) is 1. The number of aromatic nitrogens is 3. The zero-order chi connectivity index (χ0) is 14.5. The molecule has 0 aliphatic heterocycles. The zero-order valence-corrected chi connectivity index (χ0v) is 12.7. The maximum Gasteiger partial charge on any atom is 0.190 e. The topological polar surface area (TPSA) is 42.7 Å². The van der Waals surface area contributed by atoms with E-state index in [9.17, 15) is 4.39 Å². The third-order valence-electron chi connectivity index (χ3n) is 3.01. The van der Waals surface area contributed by atoms with Crippen LogP contribution in [0.3, 0.4) is 0 Å². The van der Waals surface area contributed by atoms with Crippen molar-refractivity contribution in [1.29, 1.82) is 0 Å². The molecule has 1 heterocycles. The van der Waals surface area contributed by atoms with Crippen LogP contribution in [0.2, 0.25) is 0 Å². The average Bonchev–Trinajstić information content (AvgIpc) is 2.83. The highest BCUT2D eigenvalue weighted by atomic mass is 32.2. The number of hydrogen-bond donors (Lipinski definition) is 1. The summed E-state index contributed by atoms with van der Waals surface area (Å²) >= 11 is 1.50. The number of rotatable bonds is 6. The molecule has 6 heteroatoms. The van der Waals surface area contributed by atoms with Gasteiger partial charge in [-0.15, -0.1) is 0 Å². The van der Waals surface area contributed by atoms with Crippen LogP contribution in [0.15, 0.2) is 34.6 Å². The summed E-state index contributed by atoms with van der Waals surface area (Å²) in [5.74, 6) is -0.215. The first kappa shape index (κ1) is 15.0. The molecule has 0 fully saturated rings. The van der Waals surface area contributed by atoms with Crippen LogP contribution in [-0.4, -0.2) is 21.3 Å². The Morgan fingerprint density at radius 3 is 2.90 bits per heavy atom. The molecule has 1 unspecified atom stereocenters. The van der Waals surface area contributed by atoms with Crippen LogP contribution in [0.25, 0.3) is 0 Å². The molecule has 0 saturated heterocycles. The summed E-state index contributed by atoms with van der Waals surface area (Å²) in [4.78, 5) is 5.20. The van der Waals surface area contributed by atoms with E-state index in [1.54, 1.807) is 16.8 Å². The molecule has 4 nitrogen and oxygen atoms in total. The van der Waals surface area contributed by atoms with E-state index in [1.165, 1.54) is 24.2 Å². The summed E-state index contributed by atoms with van der Waals surface area (Å²) in [6.45, 7) is 5.07. The van der Waals surface area contributed by atoms with Gasteiger partial charge in [-0.05, 0) is 55.4 Å². The molecule has 108 valence electrons. The molecular formula is C14H19FN4S. The van der Waals surface area contributed by atoms with Crippen LogP contribution in [-0.2, 0) is 7.05 Å². The number of hydrogen-bond acceptors (Lipinski definition) is 4. The summed E-state index contributed by atoms with van der Waals surface area (Å²) in [5, 5.41) is 8.23. The molecule has 0 bridgehead atoms. The smallest absolute Gasteiger partial charge is 0.190 e. The Balaban J connectivity index is 2.25. The summed E-state index contributed by atoms with van der Waals surface area (Å²) in [6.07, 6.45) is 2.57. The minimum Gasteiger partial charge on any atom is -0.310 e. The van der Waals surface area contributed by atoms with Crippen molar-refractivity contribution in [2.75, 3.05) is 6.54 Å². The Morgan fingerprint density at radius 1 is 1.45 bits per heavy atom. The first-order chi connectivity index (χ1) is 9.61. The van der Waals surface area contributed by atoms with Gasteiger partial charge in [0.2, 0.25) is 0 Å². The molecule has 0 amide bonds. The van der Waals surface area contributed by atoms with Crippen molar-refractivity contribution in [2.24, 2.45) is 7.05 Å². The number of benzene rings is 1. The average molecular weight is 294 g/mol. The predicted molar refractivity (Wildman–Crippen MR) is 78.2 cm³/mol. The van der Waals surface area contributed by atoms with Gasteiger partial charge < -0.3 is 5.32 Å². The fourth-order valence-corrected chi connectivity index (χ4v) is 2.86. The number of aryl methyl sites for hydroxylation is 1. The van der Waals surface area contributed by atoms with Gasteiger partial charge >= 0.3 is 0 Å². The van der Waals surface area contributed by atoms with Gasteiger partial charge in [0.1, 0.15) is 12.1 Å². The molecule has 0 aliphatic carbocycles. The van der Waals surface area contributed by atoms with Gasteiger partial charge in [-0.25, -0.2) is 14.1 Å². The molecule has 2 rings (SSSR count). The maximum atomic E-state index is 13.5. The van der Waals surface area contributed by atoms with E-state index in [0.29, 0.717) is 0 Å². The first-order valence-electron chi connectivity index (χ1n) is 6.66. The van der Waals surface area contributed by atoms with Gasteiger partial charge in [0.05, 0.1) is 0 Å². The molecular weight excluding hydrogens is 275 g/mol. The highest BCUT2D eigenvalue weighted by Gasteiger charge is 2.14. The molecule has 1 N–H and O–H groups in total. The van der Waals surface area contributed by atoms with Crippen LogP contribution in [0, 0.1) is 5.82 Å². The van der Waals surface area contributed by atoms with Crippen LogP contribution >= 0.6 is 11.8 Å². The van der Waals surface area contributed by atoms with E-state index in [0.717, 1.165) is 28.6 Å². The number of halogens is 1. The summed E-state index contributed by atoms with van der Waals surface area (Å²) < 4.78 is 15.2. The highest BCUT2D eigenvalue weighted by Crippen LogP contribution is 2.32. The van der Waals surface area contributed by atoms with E-state index >= 15 is 0 Å². The molecule has 0 aliphatic rings. The second-order valence-corrected chi connectivity index (χ2v) is 5.64. The zero-order valence-electron chi connectivity index (χ0n) is 11.9. The molecule has 0 saturated carbocycles. The van der Waals surface area contributed by atoms with E-state index in [4.69, 9.17) is 0 Å². The van der Waals surface area contributed by atoms with Crippen LogP contribution < -0.4 is 5.32 Å². The minimum absolute atomic E-state index is 0.0985. The number of nitrogens with zero attached hydrogens (tertiary/aromatic N) is 3. The van der Waals surface area contributed by atoms with Gasteiger partial charge in [0.15, 0.2) is 5.16 Å². The third kappa shape index (κ3) is 3.58. The largest absolute Gasteiger partial charge is 0.310 e. The van der Waals surface area contributed by atoms with E-state index < -0.39 is 0 Å². The van der Waals surface area contributed by atoms with Crippen LogP contribution in [0.5, 0.6) is 0 Å². The van der Waals surface area contributed by atoms with E-state index in [-0.39, 0.29) is 11.9 Å². The second kappa shape index (κ2) is 6.85. The van der Waals surface area contributed by atoms with Crippen molar-refractivity contribution in [2.45, 2.75) is 36.4 Å². The second-order valence-electron chi connectivity index (χ2n) is 4.63. The lowest BCUT2D eigenvalue weighted by Gasteiger charge is -2.17. The Morgan fingerprint density at radius 2 is 2.25 bits per heavy atom. The van der Waals surface area contributed by atoms with E-state index in [2.05, 4.69) is 22.3 Å². The van der Waals surface area contributed by atoms with E-state index in [1.807, 2.05) is 14.0 Å². The van der Waals surface area contributed by atoms with Gasteiger partial charge in [0, 0.05) is 18.0 Å². The molecule has 1 aromatic carbocycles. The van der Waals surface area contributed by atoms with Gasteiger partial charge in [-0.1, -0.05) is 6.92 Å². The van der Waals surface area contributed by atoms with Crippen LogP contribution in [0.1, 0.15) is 31.9 Å². The molecule has 20 heavy (non-hydrogen) atoms. The fraction of sp³-hybridized carbons (Fsp3) is 0.429. The Kier molecular flexibility index (Phi) is 5.14. The Labute approximate surface area is 122 Å². The third-order valence-corrected chi connectivity index (χ3v) is 4.15. The monoisotopic (exact) mass is 294 g/mol. The summed E-state index contributed by atoms with van der Waals surface area (Å²) in [6, 6.07) is 4.97. The predicted octanol–water partition coefficient (Wildman–Crippen LogP) is 3.17. The van der Waals surface area contributed by atoms with Gasteiger partial charge in [0.25, 0.3) is 0 Å². The van der Waals surface area contributed by atoms with Crippen molar-refractivity contribution in [1.82, 2.24) is 20.1 Å². The lowest BCUT2D eigenvalue weighted by molar-refractivity contribution is 0.554. The van der Waals surface area contributed by atoms with Crippen molar-refractivity contribution in [3.05, 3.63) is 35.9 Å². The van der Waals surface area contributed by atoms with Crippen molar-refractivity contribution in [3.63, 3.8) is 0 Å². The molecule has 1 atom stereocenters. The highest BCUT2D eigenvalue weighted by molar-refractivity contribution is 7.99. The van der Waals surface area contributed by atoms with Gasteiger partial charge in [-0.2, -0.15) is 5.10 Å². The Hall–Kier alpha value is -1.40. The quantitative estimate of drug-likeness (QED) is 0.888. The maximum absolute atomic E-state index is 13.5. The molecule has 1 aromatic heterocycles. The van der Waals surface area contributed by atoms with Crippen molar-refractivity contribution < 1.29 is 4.39 Å². The molecule has 2 aromatic rings. The lowest BCUT2D eigenvalue weighted by atomic mass is 10.1. The first-order valence-corrected chi connectivity index (χ1v) is 7.48. The lowest BCUT2D eigenvalue weighted by Crippen LogP contribution is -2.20. The summed E-state index contributed by atoms with van der Waals surface area (Å²) in [7, 11) is 1.84. The molecule has 0 radical (unpaired) electrons. The summed E-state index contributed by atoms with van der Waals surface area (Å²) in [5.41, 5.74) is 0.950. The minimum atomic E-state index is -0.215. The molecule has 0 spiro atoms. The van der Waals surface area contributed by atoms with Crippen molar-refractivity contribution in [3.8, 4) is 0 Å². The van der Waals surface area contributed by atoms with Crippen molar-refractivity contribution >= 4 is 11.8 Å². The normalized spacial score (nSPS) is 12.6. The standard InChI is InChI=1S/C14H19FN4S/c1-4-7-16-10(2)12-8-11(15)5-6-13(12)20-14-17-9-18-19(14)3/h5-6,8-10,16H,4,7H2,1-3H3. The SMILES string of the molecule is CCCNC(C)c1cc(F)ccc1Sc1ncnn1C. The Bertz CT molecular complexity index is 570. The van der Waals surface area contributed by atoms with Gasteiger partial charge in [-0.3, -0.25) is 0 Å². The fourth-order valence-electron chi connectivity index (χ4n) is 1.90.